The average Bonchev–Trinajstić information content (AvgIpc) is 2.49. The van der Waals surface area contributed by atoms with Crippen molar-refractivity contribution in [2.45, 2.75) is 19.4 Å². The van der Waals surface area contributed by atoms with Gasteiger partial charge in [-0.1, -0.05) is 25.1 Å². The van der Waals surface area contributed by atoms with Gasteiger partial charge in [0.15, 0.2) is 0 Å². The third-order valence-electron chi connectivity index (χ3n) is 3.93. The van der Waals surface area contributed by atoms with Gasteiger partial charge < -0.3 is 14.7 Å². The molecule has 1 aliphatic heterocycles. The Hall–Kier alpha value is -1.10. The molecule has 1 N–H and O–H groups in total. The van der Waals surface area contributed by atoms with Crippen molar-refractivity contribution in [1.82, 2.24) is 9.80 Å². The molecule has 0 aromatic heterocycles. The summed E-state index contributed by atoms with van der Waals surface area (Å²) in [6.07, 6.45) is 0.272. The van der Waals surface area contributed by atoms with Crippen LogP contribution in [-0.2, 0) is 0 Å². The van der Waals surface area contributed by atoms with Crippen molar-refractivity contribution in [1.29, 1.82) is 0 Å². The fourth-order valence-electron chi connectivity index (χ4n) is 2.46. The van der Waals surface area contributed by atoms with E-state index in [0.29, 0.717) is 13.0 Å². The first-order valence-electron chi connectivity index (χ1n) is 7.51. The Kier molecular flexibility index (Phi) is 5.83. The third-order valence-corrected chi connectivity index (χ3v) is 3.93. The van der Waals surface area contributed by atoms with Crippen molar-refractivity contribution < 1.29 is 9.84 Å². The number of likely N-dealkylation sites (N-methyl/N-ethyl adjacent to an activating group) is 1. The molecule has 1 aromatic rings. The number of aliphatic hydroxyl groups is 1. The zero-order valence-corrected chi connectivity index (χ0v) is 12.6. The standard InChI is InChI=1S/C16H26N2O2/c1-3-15(19)14-6-4-5-7-16(14)20-13-12-18-10-8-17(2)9-11-18/h4-7,15,19H,3,8-13H2,1-2H3. The van der Waals surface area contributed by atoms with Gasteiger partial charge in [-0.3, -0.25) is 4.90 Å². The van der Waals surface area contributed by atoms with E-state index in [9.17, 15) is 5.11 Å². The van der Waals surface area contributed by atoms with Gasteiger partial charge in [0.2, 0.25) is 0 Å². The summed E-state index contributed by atoms with van der Waals surface area (Å²) in [7, 11) is 2.16. The Bertz CT molecular complexity index is 403. The minimum atomic E-state index is -0.435. The summed E-state index contributed by atoms with van der Waals surface area (Å²) >= 11 is 0. The van der Waals surface area contributed by atoms with Gasteiger partial charge in [0, 0.05) is 38.3 Å². The number of rotatable bonds is 6. The van der Waals surface area contributed by atoms with Gasteiger partial charge in [0.1, 0.15) is 12.4 Å². The Balaban J connectivity index is 1.82. The summed E-state index contributed by atoms with van der Waals surface area (Å²) < 4.78 is 5.87. The summed E-state index contributed by atoms with van der Waals surface area (Å²) in [4.78, 5) is 4.78. The normalized spacial score (nSPS) is 18.9. The molecular weight excluding hydrogens is 252 g/mol. The van der Waals surface area contributed by atoms with E-state index in [4.69, 9.17) is 4.74 Å². The van der Waals surface area contributed by atoms with Crippen LogP contribution in [0.15, 0.2) is 24.3 Å². The molecule has 112 valence electrons. The maximum atomic E-state index is 9.99. The Morgan fingerprint density at radius 2 is 1.90 bits per heavy atom. The molecular formula is C16H26N2O2. The molecule has 0 saturated carbocycles. The molecule has 1 atom stereocenters. The van der Waals surface area contributed by atoms with Gasteiger partial charge in [-0.05, 0) is 19.5 Å². The topological polar surface area (TPSA) is 35.9 Å². The zero-order chi connectivity index (χ0) is 14.4. The Morgan fingerprint density at radius 1 is 1.20 bits per heavy atom. The van der Waals surface area contributed by atoms with Gasteiger partial charge in [-0.2, -0.15) is 0 Å². The van der Waals surface area contributed by atoms with Gasteiger partial charge >= 0.3 is 0 Å². The van der Waals surface area contributed by atoms with E-state index in [2.05, 4.69) is 16.8 Å². The molecule has 0 amide bonds. The zero-order valence-electron chi connectivity index (χ0n) is 12.6. The van der Waals surface area contributed by atoms with Crippen LogP contribution in [0.2, 0.25) is 0 Å². The van der Waals surface area contributed by atoms with Crippen LogP contribution in [0.3, 0.4) is 0 Å². The number of nitrogens with zero attached hydrogens (tertiary/aromatic N) is 2. The van der Waals surface area contributed by atoms with Crippen molar-refractivity contribution in [3.63, 3.8) is 0 Å². The molecule has 0 spiro atoms. The van der Waals surface area contributed by atoms with Crippen molar-refractivity contribution >= 4 is 0 Å². The van der Waals surface area contributed by atoms with Crippen LogP contribution in [0.5, 0.6) is 5.75 Å². The monoisotopic (exact) mass is 278 g/mol. The van der Waals surface area contributed by atoms with Crippen molar-refractivity contribution in [2.24, 2.45) is 0 Å². The number of hydrogen-bond donors (Lipinski definition) is 1. The quantitative estimate of drug-likeness (QED) is 0.860. The van der Waals surface area contributed by atoms with Gasteiger partial charge in [-0.15, -0.1) is 0 Å². The predicted molar refractivity (Wildman–Crippen MR) is 81.1 cm³/mol. The predicted octanol–water partition coefficient (Wildman–Crippen LogP) is 1.76. The number of para-hydroxylation sites is 1. The third kappa shape index (κ3) is 4.20. The van der Waals surface area contributed by atoms with E-state index in [0.717, 1.165) is 44.0 Å². The highest BCUT2D eigenvalue weighted by Gasteiger charge is 2.14. The lowest BCUT2D eigenvalue weighted by Gasteiger charge is -2.32. The summed E-state index contributed by atoms with van der Waals surface area (Å²) in [6.45, 7) is 8.09. The van der Waals surface area contributed by atoms with Crippen LogP contribution in [-0.4, -0.2) is 61.3 Å². The molecule has 1 aromatic carbocycles. The van der Waals surface area contributed by atoms with Crippen LogP contribution < -0.4 is 4.74 Å². The largest absolute Gasteiger partial charge is 0.492 e. The smallest absolute Gasteiger partial charge is 0.125 e. The van der Waals surface area contributed by atoms with Crippen molar-refractivity contribution in [3.8, 4) is 5.75 Å². The Labute approximate surface area is 122 Å². The number of hydrogen-bond acceptors (Lipinski definition) is 4. The molecule has 0 aliphatic carbocycles. The van der Waals surface area contributed by atoms with Crippen LogP contribution >= 0.6 is 0 Å². The van der Waals surface area contributed by atoms with E-state index in [1.807, 2.05) is 31.2 Å². The minimum Gasteiger partial charge on any atom is -0.492 e. The second-order valence-corrected chi connectivity index (χ2v) is 5.46. The molecule has 0 radical (unpaired) electrons. The molecule has 2 rings (SSSR count). The maximum Gasteiger partial charge on any atom is 0.125 e. The number of piperazine rings is 1. The molecule has 4 nitrogen and oxygen atoms in total. The molecule has 1 heterocycles. The average molecular weight is 278 g/mol. The lowest BCUT2D eigenvalue weighted by Crippen LogP contribution is -2.45. The van der Waals surface area contributed by atoms with Crippen LogP contribution in [0.25, 0.3) is 0 Å². The molecule has 20 heavy (non-hydrogen) atoms. The second kappa shape index (κ2) is 7.62. The highest BCUT2D eigenvalue weighted by atomic mass is 16.5. The molecule has 1 fully saturated rings. The Morgan fingerprint density at radius 3 is 2.60 bits per heavy atom. The second-order valence-electron chi connectivity index (χ2n) is 5.46. The highest BCUT2D eigenvalue weighted by Crippen LogP contribution is 2.26. The fourth-order valence-corrected chi connectivity index (χ4v) is 2.46. The first kappa shape index (κ1) is 15.3. The van der Waals surface area contributed by atoms with E-state index in [1.54, 1.807) is 0 Å². The molecule has 1 aliphatic rings. The van der Waals surface area contributed by atoms with E-state index < -0.39 is 6.10 Å². The summed E-state index contributed by atoms with van der Waals surface area (Å²) in [6, 6.07) is 7.79. The first-order chi connectivity index (χ1) is 9.70. The minimum absolute atomic E-state index is 0.435. The SMILES string of the molecule is CCC(O)c1ccccc1OCCN1CCN(C)CC1. The van der Waals surface area contributed by atoms with E-state index >= 15 is 0 Å². The highest BCUT2D eigenvalue weighted by molar-refractivity contribution is 5.34. The summed E-state index contributed by atoms with van der Waals surface area (Å²) in [5, 5.41) is 9.99. The number of aliphatic hydroxyl groups excluding tert-OH is 1. The van der Waals surface area contributed by atoms with Gasteiger partial charge in [0.25, 0.3) is 0 Å². The van der Waals surface area contributed by atoms with Crippen molar-refractivity contribution in [2.75, 3.05) is 46.4 Å². The number of benzene rings is 1. The van der Waals surface area contributed by atoms with Crippen LogP contribution in [0, 0.1) is 0 Å². The summed E-state index contributed by atoms with van der Waals surface area (Å²) in [5.74, 6) is 0.816. The molecule has 4 heteroatoms. The fraction of sp³-hybridized carbons (Fsp3) is 0.625. The lowest BCUT2D eigenvalue weighted by atomic mass is 10.1. The molecule has 1 saturated heterocycles. The molecule has 1 unspecified atom stereocenters. The summed E-state index contributed by atoms with van der Waals surface area (Å²) in [5.41, 5.74) is 0.897. The number of ether oxygens (including phenoxy) is 1. The lowest BCUT2D eigenvalue weighted by molar-refractivity contribution is 0.130. The van der Waals surface area contributed by atoms with E-state index in [1.165, 1.54) is 0 Å². The van der Waals surface area contributed by atoms with Crippen molar-refractivity contribution in [3.05, 3.63) is 29.8 Å². The van der Waals surface area contributed by atoms with E-state index in [-0.39, 0.29) is 0 Å². The maximum absolute atomic E-state index is 9.99. The van der Waals surface area contributed by atoms with Crippen LogP contribution in [0.1, 0.15) is 25.0 Å². The first-order valence-corrected chi connectivity index (χ1v) is 7.51. The molecule has 0 bridgehead atoms. The van der Waals surface area contributed by atoms with Gasteiger partial charge in [-0.25, -0.2) is 0 Å². The van der Waals surface area contributed by atoms with Crippen LogP contribution in [0.4, 0.5) is 0 Å². The van der Waals surface area contributed by atoms with Gasteiger partial charge in [0.05, 0.1) is 6.10 Å².